The summed E-state index contributed by atoms with van der Waals surface area (Å²) in [5, 5.41) is 3.47. The molecule has 0 spiro atoms. The number of fused-ring (bicyclic) bond motifs is 2. The monoisotopic (exact) mass is 244 g/mol. The second-order valence-electron chi connectivity index (χ2n) is 6.01. The number of rotatable bonds is 4. The molecule has 4 heteroatoms. The van der Waals surface area contributed by atoms with E-state index in [1.165, 1.54) is 38.6 Å². The van der Waals surface area contributed by atoms with Crippen molar-refractivity contribution >= 4 is 5.82 Å². The average Bonchev–Trinajstić information content (AvgIpc) is 3.01. The molecule has 2 aliphatic carbocycles. The van der Waals surface area contributed by atoms with Crippen LogP contribution < -0.4 is 10.2 Å². The van der Waals surface area contributed by atoms with Crippen molar-refractivity contribution in [2.45, 2.75) is 50.7 Å². The second kappa shape index (κ2) is 4.19. The molecule has 1 aliphatic heterocycles. The first-order valence-electron chi connectivity index (χ1n) is 7.19. The Bertz CT molecular complexity index is 426. The zero-order valence-electron chi connectivity index (χ0n) is 10.7. The van der Waals surface area contributed by atoms with Crippen LogP contribution in [-0.2, 0) is 6.54 Å². The van der Waals surface area contributed by atoms with Gasteiger partial charge in [-0.15, -0.1) is 0 Å². The van der Waals surface area contributed by atoms with Crippen molar-refractivity contribution in [3.05, 3.63) is 18.1 Å². The molecule has 1 N–H and O–H groups in total. The molecule has 2 bridgehead atoms. The molecule has 4 nitrogen and oxygen atoms in total. The molecule has 1 saturated heterocycles. The van der Waals surface area contributed by atoms with Gasteiger partial charge in [-0.3, -0.25) is 4.98 Å². The summed E-state index contributed by atoms with van der Waals surface area (Å²) in [4.78, 5) is 11.6. The van der Waals surface area contributed by atoms with Crippen LogP contribution in [0.5, 0.6) is 0 Å². The quantitative estimate of drug-likeness (QED) is 0.875. The van der Waals surface area contributed by atoms with E-state index in [0.717, 1.165) is 36.1 Å². The lowest BCUT2D eigenvalue weighted by Crippen LogP contribution is -2.32. The predicted octanol–water partition coefficient (Wildman–Crippen LogP) is 1.72. The van der Waals surface area contributed by atoms with Crippen molar-refractivity contribution in [2.24, 2.45) is 5.92 Å². The molecule has 1 aromatic heterocycles. The normalized spacial score (nSPS) is 30.1. The van der Waals surface area contributed by atoms with Gasteiger partial charge in [-0.25, -0.2) is 4.98 Å². The summed E-state index contributed by atoms with van der Waals surface area (Å²) < 4.78 is 0. The molecule has 4 rings (SSSR count). The first-order valence-corrected chi connectivity index (χ1v) is 7.19. The van der Waals surface area contributed by atoms with Crippen LogP contribution in [0.1, 0.15) is 37.8 Å². The smallest absolute Gasteiger partial charge is 0.147 e. The Morgan fingerprint density at radius 2 is 2.11 bits per heavy atom. The summed E-state index contributed by atoms with van der Waals surface area (Å²) >= 11 is 0. The molecule has 0 radical (unpaired) electrons. The number of nitrogens with one attached hydrogen (secondary N) is 1. The molecule has 96 valence electrons. The van der Waals surface area contributed by atoms with Gasteiger partial charge in [0.25, 0.3) is 0 Å². The molecular weight excluding hydrogens is 224 g/mol. The van der Waals surface area contributed by atoms with E-state index in [9.17, 15) is 0 Å². The van der Waals surface area contributed by atoms with Crippen LogP contribution in [0.3, 0.4) is 0 Å². The fraction of sp³-hybridized carbons (Fsp3) is 0.714. The van der Waals surface area contributed by atoms with Crippen molar-refractivity contribution in [3.8, 4) is 0 Å². The zero-order valence-corrected chi connectivity index (χ0v) is 10.7. The largest absolute Gasteiger partial charge is 0.352 e. The van der Waals surface area contributed by atoms with E-state index in [0.29, 0.717) is 0 Å². The molecule has 0 aromatic carbocycles. The number of aromatic nitrogens is 2. The highest BCUT2D eigenvalue weighted by Crippen LogP contribution is 2.39. The Hall–Kier alpha value is -1.16. The third kappa shape index (κ3) is 1.99. The summed E-state index contributed by atoms with van der Waals surface area (Å²) in [6, 6.07) is 1.47. The SMILES string of the molecule is c1nc(N2CC3CCC2C3)cnc1CNC1CC1. The highest BCUT2D eigenvalue weighted by atomic mass is 15.2. The highest BCUT2D eigenvalue weighted by Gasteiger charge is 2.38. The first-order chi connectivity index (χ1) is 8.88. The average molecular weight is 244 g/mol. The summed E-state index contributed by atoms with van der Waals surface area (Å²) in [6.45, 7) is 2.06. The van der Waals surface area contributed by atoms with Crippen LogP contribution in [0, 0.1) is 5.92 Å². The van der Waals surface area contributed by atoms with Crippen molar-refractivity contribution in [1.29, 1.82) is 0 Å². The van der Waals surface area contributed by atoms with Gasteiger partial charge in [0.1, 0.15) is 5.82 Å². The van der Waals surface area contributed by atoms with Gasteiger partial charge in [0, 0.05) is 25.2 Å². The van der Waals surface area contributed by atoms with Crippen LogP contribution in [0.15, 0.2) is 12.4 Å². The van der Waals surface area contributed by atoms with Crippen molar-refractivity contribution in [2.75, 3.05) is 11.4 Å². The van der Waals surface area contributed by atoms with Crippen LogP contribution in [0.4, 0.5) is 5.82 Å². The number of anilines is 1. The van der Waals surface area contributed by atoms with E-state index in [4.69, 9.17) is 0 Å². The molecule has 2 heterocycles. The number of hydrogen-bond donors (Lipinski definition) is 1. The van der Waals surface area contributed by atoms with E-state index in [1.807, 2.05) is 12.4 Å². The maximum Gasteiger partial charge on any atom is 0.147 e. The summed E-state index contributed by atoms with van der Waals surface area (Å²) in [5.74, 6) is 1.99. The minimum absolute atomic E-state index is 0.736. The minimum Gasteiger partial charge on any atom is -0.352 e. The summed E-state index contributed by atoms with van der Waals surface area (Å²) in [6.07, 6.45) is 10.7. The van der Waals surface area contributed by atoms with E-state index in [2.05, 4.69) is 20.2 Å². The molecule has 2 atom stereocenters. The van der Waals surface area contributed by atoms with E-state index in [-0.39, 0.29) is 0 Å². The standard InChI is InChI=1S/C14H20N4/c1-4-13-5-10(1)9-18(13)14-8-16-12(7-17-14)6-15-11-2-3-11/h7-8,10-11,13,15H,1-6,9H2. The van der Waals surface area contributed by atoms with Crippen LogP contribution in [0.2, 0.25) is 0 Å². The third-order valence-electron chi connectivity index (χ3n) is 4.54. The van der Waals surface area contributed by atoms with Gasteiger partial charge in [-0.1, -0.05) is 0 Å². The molecule has 3 aliphatic rings. The Kier molecular flexibility index (Phi) is 2.50. The lowest BCUT2D eigenvalue weighted by molar-refractivity contribution is 0.549. The van der Waals surface area contributed by atoms with E-state index >= 15 is 0 Å². The number of piperidine rings is 1. The van der Waals surface area contributed by atoms with E-state index in [1.54, 1.807) is 0 Å². The van der Waals surface area contributed by atoms with Gasteiger partial charge in [-0.2, -0.15) is 0 Å². The number of hydrogen-bond acceptors (Lipinski definition) is 4. The van der Waals surface area contributed by atoms with Gasteiger partial charge >= 0.3 is 0 Å². The van der Waals surface area contributed by atoms with Crippen LogP contribution in [0.25, 0.3) is 0 Å². The Morgan fingerprint density at radius 1 is 1.17 bits per heavy atom. The molecule has 3 fully saturated rings. The predicted molar refractivity (Wildman–Crippen MR) is 70.4 cm³/mol. The fourth-order valence-electron chi connectivity index (χ4n) is 3.33. The lowest BCUT2D eigenvalue weighted by Gasteiger charge is -2.27. The van der Waals surface area contributed by atoms with Crippen molar-refractivity contribution in [3.63, 3.8) is 0 Å². The van der Waals surface area contributed by atoms with Crippen molar-refractivity contribution in [1.82, 2.24) is 15.3 Å². The van der Waals surface area contributed by atoms with Crippen molar-refractivity contribution < 1.29 is 0 Å². The highest BCUT2D eigenvalue weighted by molar-refractivity contribution is 5.40. The summed E-state index contributed by atoms with van der Waals surface area (Å²) in [7, 11) is 0. The zero-order chi connectivity index (χ0) is 11.9. The third-order valence-corrected chi connectivity index (χ3v) is 4.54. The molecular formula is C14H20N4. The second-order valence-corrected chi connectivity index (χ2v) is 6.01. The van der Waals surface area contributed by atoms with Gasteiger partial charge in [0.15, 0.2) is 0 Å². The maximum absolute atomic E-state index is 4.60. The molecule has 0 amide bonds. The van der Waals surface area contributed by atoms with Gasteiger partial charge < -0.3 is 10.2 Å². The number of nitrogens with zero attached hydrogens (tertiary/aromatic N) is 3. The van der Waals surface area contributed by atoms with Gasteiger partial charge in [0.2, 0.25) is 0 Å². The van der Waals surface area contributed by atoms with Crippen LogP contribution in [-0.4, -0.2) is 28.6 Å². The maximum atomic E-state index is 4.60. The fourth-order valence-corrected chi connectivity index (χ4v) is 3.33. The molecule has 2 unspecified atom stereocenters. The molecule has 18 heavy (non-hydrogen) atoms. The Morgan fingerprint density at radius 3 is 2.72 bits per heavy atom. The topological polar surface area (TPSA) is 41.1 Å². The van der Waals surface area contributed by atoms with Crippen LogP contribution >= 0.6 is 0 Å². The minimum atomic E-state index is 0.736. The Labute approximate surface area is 108 Å². The van der Waals surface area contributed by atoms with E-state index < -0.39 is 0 Å². The molecule has 2 saturated carbocycles. The summed E-state index contributed by atoms with van der Waals surface area (Å²) in [5.41, 5.74) is 1.06. The lowest BCUT2D eigenvalue weighted by atomic mass is 10.1. The first kappa shape index (κ1) is 10.7. The van der Waals surface area contributed by atoms with Gasteiger partial charge in [-0.05, 0) is 38.0 Å². The molecule has 1 aromatic rings. The Balaban J connectivity index is 1.42. The van der Waals surface area contributed by atoms with Gasteiger partial charge in [0.05, 0.1) is 18.1 Å².